The first-order chi connectivity index (χ1) is 13.1. The minimum Gasteiger partial charge on any atom is -0.466 e. The second kappa shape index (κ2) is 9.49. The summed E-state index contributed by atoms with van der Waals surface area (Å²) in [5.41, 5.74) is -0.461. The van der Waals surface area contributed by atoms with Crippen molar-refractivity contribution in [3.8, 4) is 11.5 Å². The lowest BCUT2D eigenvalue weighted by atomic mass is 9.82. The van der Waals surface area contributed by atoms with Gasteiger partial charge in [-0.05, 0) is 68.3 Å². The maximum atomic E-state index is 12.5. The van der Waals surface area contributed by atoms with Gasteiger partial charge in [0.15, 0.2) is 0 Å². The van der Waals surface area contributed by atoms with Crippen LogP contribution in [0.5, 0.6) is 11.5 Å². The van der Waals surface area contributed by atoms with Crippen LogP contribution in [0.4, 0.5) is 0 Å². The van der Waals surface area contributed by atoms with E-state index in [-0.39, 0.29) is 5.97 Å². The van der Waals surface area contributed by atoms with Crippen LogP contribution in [0.1, 0.15) is 19.8 Å². The maximum Gasteiger partial charge on any atom is 0.313 e. The standard InChI is InChI=1S/C21H23ClO4S/c1-2-25-20(23)21(11-13-24-14-12-21)15-27-19-9-7-18(8-10-19)26-17-5-3-16(22)4-6-17/h3-10H,2,11-15H2,1H3. The summed E-state index contributed by atoms with van der Waals surface area (Å²) in [7, 11) is 0. The monoisotopic (exact) mass is 406 g/mol. The molecule has 3 rings (SSSR count). The fourth-order valence-corrected chi connectivity index (χ4v) is 4.22. The molecule has 0 atom stereocenters. The third-order valence-electron chi connectivity index (χ3n) is 4.55. The maximum absolute atomic E-state index is 12.5. The van der Waals surface area contributed by atoms with Gasteiger partial charge in [-0.3, -0.25) is 4.79 Å². The van der Waals surface area contributed by atoms with E-state index in [1.54, 1.807) is 23.9 Å². The molecule has 4 nitrogen and oxygen atoms in total. The average Bonchev–Trinajstić information content (AvgIpc) is 2.70. The van der Waals surface area contributed by atoms with Crippen molar-refractivity contribution < 1.29 is 19.0 Å². The Bertz CT molecular complexity index is 740. The molecule has 1 saturated heterocycles. The van der Waals surface area contributed by atoms with Gasteiger partial charge in [0.05, 0.1) is 12.0 Å². The van der Waals surface area contributed by atoms with Gasteiger partial charge in [-0.1, -0.05) is 11.6 Å². The Balaban J connectivity index is 1.61. The molecule has 0 radical (unpaired) electrons. The zero-order valence-electron chi connectivity index (χ0n) is 15.3. The Morgan fingerprint density at radius 2 is 1.67 bits per heavy atom. The molecule has 0 aliphatic carbocycles. The van der Waals surface area contributed by atoms with Gasteiger partial charge in [-0.25, -0.2) is 0 Å². The molecule has 1 aliphatic rings. The molecule has 27 heavy (non-hydrogen) atoms. The Morgan fingerprint density at radius 1 is 1.07 bits per heavy atom. The van der Waals surface area contributed by atoms with Gasteiger partial charge in [0.25, 0.3) is 0 Å². The third kappa shape index (κ3) is 5.41. The predicted molar refractivity (Wildman–Crippen MR) is 108 cm³/mol. The van der Waals surface area contributed by atoms with E-state index in [4.69, 9.17) is 25.8 Å². The molecule has 144 valence electrons. The highest BCUT2D eigenvalue weighted by molar-refractivity contribution is 7.99. The van der Waals surface area contributed by atoms with E-state index < -0.39 is 5.41 Å². The predicted octanol–water partition coefficient (Wildman–Crippen LogP) is 5.58. The fourth-order valence-electron chi connectivity index (χ4n) is 2.92. The quantitative estimate of drug-likeness (QED) is 0.443. The molecule has 1 fully saturated rings. The molecule has 0 unspecified atom stereocenters. The number of carbonyl (C=O) groups is 1. The number of halogens is 1. The Labute approximate surface area is 169 Å². The molecule has 0 saturated carbocycles. The Hall–Kier alpha value is -1.69. The van der Waals surface area contributed by atoms with Crippen LogP contribution in [0.2, 0.25) is 5.02 Å². The smallest absolute Gasteiger partial charge is 0.313 e. The summed E-state index contributed by atoms with van der Waals surface area (Å²) in [5, 5.41) is 0.678. The number of ether oxygens (including phenoxy) is 3. The zero-order valence-corrected chi connectivity index (χ0v) is 16.9. The molecule has 0 amide bonds. The first-order valence-electron chi connectivity index (χ1n) is 9.02. The van der Waals surface area contributed by atoms with Gasteiger partial charge in [-0.2, -0.15) is 0 Å². The summed E-state index contributed by atoms with van der Waals surface area (Å²) in [5.74, 6) is 2.08. The minimum absolute atomic E-state index is 0.108. The van der Waals surface area contributed by atoms with Crippen molar-refractivity contribution in [1.29, 1.82) is 0 Å². The van der Waals surface area contributed by atoms with Gasteiger partial charge in [0.2, 0.25) is 0 Å². The van der Waals surface area contributed by atoms with Crippen molar-refractivity contribution in [3.63, 3.8) is 0 Å². The van der Waals surface area contributed by atoms with Crippen molar-refractivity contribution in [3.05, 3.63) is 53.6 Å². The number of rotatable bonds is 7. The summed E-state index contributed by atoms with van der Waals surface area (Å²) in [4.78, 5) is 13.6. The van der Waals surface area contributed by atoms with E-state index in [9.17, 15) is 4.79 Å². The molecule has 2 aromatic carbocycles. The average molecular weight is 407 g/mol. The summed E-state index contributed by atoms with van der Waals surface area (Å²) in [6, 6.07) is 15.1. The van der Waals surface area contributed by atoms with E-state index in [1.807, 2.05) is 43.3 Å². The van der Waals surface area contributed by atoms with Gasteiger partial charge in [0.1, 0.15) is 11.5 Å². The van der Waals surface area contributed by atoms with Crippen molar-refractivity contribution >= 4 is 29.3 Å². The van der Waals surface area contributed by atoms with Crippen LogP contribution < -0.4 is 4.74 Å². The van der Waals surface area contributed by atoms with Gasteiger partial charge in [0, 0.05) is 28.9 Å². The summed E-state index contributed by atoms with van der Waals surface area (Å²) in [6.45, 7) is 3.46. The molecule has 1 aliphatic heterocycles. The van der Waals surface area contributed by atoms with E-state index >= 15 is 0 Å². The highest BCUT2D eigenvalue weighted by Gasteiger charge is 2.41. The lowest BCUT2D eigenvalue weighted by molar-refractivity contribution is -0.159. The molecule has 0 aromatic heterocycles. The van der Waals surface area contributed by atoms with Crippen LogP contribution >= 0.6 is 23.4 Å². The highest BCUT2D eigenvalue weighted by Crippen LogP contribution is 2.38. The highest BCUT2D eigenvalue weighted by atomic mass is 35.5. The van der Waals surface area contributed by atoms with Crippen molar-refractivity contribution in [1.82, 2.24) is 0 Å². The molecule has 0 bridgehead atoms. The zero-order chi connectivity index (χ0) is 19.1. The second-order valence-corrected chi connectivity index (χ2v) is 7.91. The molecular weight excluding hydrogens is 384 g/mol. The summed E-state index contributed by atoms with van der Waals surface area (Å²) in [6.07, 6.45) is 1.41. The number of thioether (sulfide) groups is 1. The molecule has 0 N–H and O–H groups in total. The Morgan fingerprint density at radius 3 is 2.26 bits per heavy atom. The molecular formula is C21H23ClO4S. The summed E-state index contributed by atoms with van der Waals surface area (Å²) >= 11 is 7.56. The lowest BCUT2D eigenvalue weighted by Crippen LogP contribution is -2.40. The second-order valence-electron chi connectivity index (χ2n) is 6.43. The van der Waals surface area contributed by atoms with Crippen LogP contribution in [-0.4, -0.2) is 31.5 Å². The van der Waals surface area contributed by atoms with Crippen molar-refractivity contribution in [2.75, 3.05) is 25.6 Å². The van der Waals surface area contributed by atoms with E-state index in [1.165, 1.54) is 0 Å². The van der Waals surface area contributed by atoms with Crippen molar-refractivity contribution in [2.24, 2.45) is 5.41 Å². The van der Waals surface area contributed by atoms with Crippen LogP contribution in [-0.2, 0) is 14.3 Å². The van der Waals surface area contributed by atoms with E-state index in [0.29, 0.717) is 43.4 Å². The van der Waals surface area contributed by atoms with E-state index in [0.717, 1.165) is 16.4 Å². The SMILES string of the molecule is CCOC(=O)C1(CSc2ccc(Oc3ccc(Cl)cc3)cc2)CCOCC1. The van der Waals surface area contributed by atoms with Crippen molar-refractivity contribution in [2.45, 2.75) is 24.7 Å². The Kier molecular flexibility index (Phi) is 7.05. The minimum atomic E-state index is -0.461. The topological polar surface area (TPSA) is 44.8 Å². The molecule has 6 heteroatoms. The fraction of sp³-hybridized carbons (Fsp3) is 0.381. The number of hydrogen-bond donors (Lipinski definition) is 0. The third-order valence-corrected chi connectivity index (χ3v) is 6.10. The number of carbonyl (C=O) groups excluding carboxylic acids is 1. The molecule has 0 spiro atoms. The number of hydrogen-bond acceptors (Lipinski definition) is 5. The van der Waals surface area contributed by atoms with Gasteiger partial charge < -0.3 is 14.2 Å². The van der Waals surface area contributed by atoms with E-state index in [2.05, 4.69) is 0 Å². The normalized spacial score (nSPS) is 15.9. The summed E-state index contributed by atoms with van der Waals surface area (Å²) < 4.78 is 16.6. The van der Waals surface area contributed by atoms with Crippen LogP contribution in [0.15, 0.2) is 53.4 Å². The lowest BCUT2D eigenvalue weighted by Gasteiger charge is -2.34. The first-order valence-corrected chi connectivity index (χ1v) is 10.4. The molecule has 2 aromatic rings. The number of benzene rings is 2. The van der Waals surface area contributed by atoms with Gasteiger partial charge in [-0.15, -0.1) is 11.8 Å². The first kappa shape index (κ1) is 20.1. The van der Waals surface area contributed by atoms with Crippen LogP contribution in [0, 0.1) is 5.41 Å². The number of esters is 1. The largest absolute Gasteiger partial charge is 0.466 e. The van der Waals surface area contributed by atoms with Gasteiger partial charge >= 0.3 is 5.97 Å². The van der Waals surface area contributed by atoms with Crippen LogP contribution in [0.25, 0.3) is 0 Å². The van der Waals surface area contributed by atoms with Crippen LogP contribution in [0.3, 0.4) is 0 Å². The molecule has 1 heterocycles.